The number of aromatic nitrogens is 1. The molecule has 96 valence electrons. The maximum atomic E-state index is 5.90. The molecule has 17 heavy (non-hydrogen) atoms. The predicted molar refractivity (Wildman–Crippen MR) is 73.7 cm³/mol. The van der Waals surface area contributed by atoms with Crippen molar-refractivity contribution in [3.8, 4) is 0 Å². The molecule has 0 amide bonds. The van der Waals surface area contributed by atoms with Crippen molar-refractivity contribution in [1.82, 2.24) is 9.88 Å². The van der Waals surface area contributed by atoms with E-state index >= 15 is 0 Å². The molecule has 1 aromatic rings. The Balaban J connectivity index is 2.68. The van der Waals surface area contributed by atoms with E-state index in [0.717, 1.165) is 18.7 Å². The van der Waals surface area contributed by atoms with Crippen LogP contribution in [-0.4, -0.2) is 22.5 Å². The lowest BCUT2D eigenvalue weighted by Crippen LogP contribution is -2.33. The molecular formula is C14H25N3. The van der Waals surface area contributed by atoms with Crippen molar-refractivity contribution in [2.75, 3.05) is 12.3 Å². The Morgan fingerprint density at radius 2 is 2.18 bits per heavy atom. The van der Waals surface area contributed by atoms with Crippen LogP contribution in [0.4, 0.5) is 5.82 Å². The second kappa shape index (κ2) is 7.28. The summed E-state index contributed by atoms with van der Waals surface area (Å²) in [6, 6.07) is 4.63. The standard InChI is InChI=1S/C14H25N3/c1-4-6-10-17(12(3)5-2)11-13-8-7-9-16-14(13)15/h7-9,12H,4-6,10-11H2,1-3H3,(H2,15,16). The maximum Gasteiger partial charge on any atom is 0.127 e. The maximum absolute atomic E-state index is 5.90. The molecule has 3 heteroatoms. The highest BCUT2D eigenvalue weighted by Gasteiger charge is 2.13. The minimum atomic E-state index is 0.598. The third kappa shape index (κ3) is 4.35. The van der Waals surface area contributed by atoms with Crippen molar-refractivity contribution >= 4 is 5.82 Å². The van der Waals surface area contributed by atoms with E-state index in [1.807, 2.05) is 6.07 Å². The number of unbranched alkanes of at least 4 members (excludes halogenated alkanes) is 1. The first-order chi connectivity index (χ1) is 8.19. The van der Waals surface area contributed by atoms with Crippen molar-refractivity contribution < 1.29 is 0 Å². The lowest BCUT2D eigenvalue weighted by molar-refractivity contribution is 0.192. The van der Waals surface area contributed by atoms with Crippen LogP contribution in [0.1, 0.15) is 45.6 Å². The quantitative estimate of drug-likeness (QED) is 0.789. The first kappa shape index (κ1) is 14.0. The molecule has 1 rings (SSSR count). The molecule has 0 fully saturated rings. The van der Waals surface area contributed by atoms with Crippen LogP contribution in [0, 0.1) is 0 Å². The molecule has 1 heterocycles. The molecule has 0 saturated carbocycles. The third-order valence-electron chi connectivity index (χ3n) is 3.31. The SMILES string of the molecule is CCCCN(Cc1cccnc1N)C(C)CC. The molecule has 0 saturated heterocycles. The molecule has 2 N–H and O–H groups in total. The number of nitrogens with zero attached hydrogens (tertiary/aromatic N) is 2. The van der Waals surface area contributed by atoms with Gasteiger partial charge in [-0.15, -0.1) is 0 Å². The van der Waals surface area contributed by atoms with Gasteiger partial charge in [0.2, 0.25) is 0 Å². The summed E-state index contributed by atoms with van der Waals surface area (Å²) in [7, 11) is 0. The van der Waals surface area contributed by atoms with E-state index in [2.05, 4.69) is 36.7 Å². The Kier molecular flexibility index (Phi) is 5.98. The van der Waals surface area contributed by atoms with Gasteiger partial charge in [-0.1, -0.05) is 26.3 Å². The lowest BCUT2D eigenvalue weighted by Gasteiger charge is -2.28. The molecule has 1 aromatic heterocycles. The molecule has 0 radical (unpaired) electrons. The number of anilines is 1. The van der Waals surface area contributed by atoms with Gasteiger partial charge in [0.1, 0.15) is 5.82 Å². The summed E-state index contributed by atoms with van der Waals surface area (Å²) in [5, 5.41) is 0. The molecule has 0 aliphatic carbocycles. The normalized spacial score (nSPS) is 12.9. The third-order valence-corrected chi connectivity index (χ3v) is 3.31. The number of pyridine rings is 1. The topological polar surface area (TPSA) is 42.2 Å². The van der Waals surface area contributed by atoms with Crippen LogP contribution in [0.2, 0.25) is 0 Å². The molecule has 1 unspecified atom stereocenters. The van der Waals surface area contributed by atoms with Crippen LogP contribution in [-0.2, 0) is 6.54 Å². The summed E-state index contributed by atoms with van der Waals surface area (Å²) < 4.78 is 0. The van der Waals surface area contributed by atoms with Crippen LogP contribution < -0.4 is 5.73 Å². The van der Waals surface area contributed by atoms with E-state index in [1.54, 1.807) is 6.20 Å². The fourth-order valence-electron chi connectivity index (χ4n) is 1.88. The van der Waals surface area contributed by atoms with Gasteiger partial charge in [-0.25, -0.2) is 4.98 Å². The van der Waals surface area contributed by atoms with E-state index in [1.165, 1.54) is 19.3 Å². The van der Waals surface area contributed by atoms with E-state index in [-0.39, 0.29) is 0 Å². The van der Waals surface area contributed by atoms with Crippen molar-refractivity contribution in [2.45, 2.75) is 52.6 Å². The fraction of sp³-hybridized carbons (Fsp3) is 0.643. The lowest BCUT2D eigenvalue weighted by atomic mass is 10.1. The minimum Gasteiger partial charge on any atom is -0.383 e. The Hall–Kier alpha value is -1.09. The molecule has 0 aliphatic rings. The van der Waals surface area contributed by atoms with Gasteiger partial charge in [-0.3, -0.25) is 4.90 Å². The summed E-state index contributed by atoms with van der Waals surface area (Å²) in [5.74, 6) is 0.664. The summed E-state index contributed by atoms with van der Waals surface area (Å²) in [5.41, 5.74) is 7.04. The predicted octanol–water partition coefficient (Wildman–Crippen LogP) is 3.06. The van der Waals surface area contributed by atoms with Gasteiger partial charge < -0.3 is 5.73 Å². The zero-order valence-electron chi connectivity index (χ0n) is 11.3. The highest BCUT2D eigenvalue weighted by Crippen LogP contribution is 2.15. The van der Waals surface area contributed by atoms with Gasteiger partial charge >= 0.3 is 0 Å². The van der Waals surface area contributed by atoms with E-state index in [4.69, 9.17) is 5.73 Å². The van der Waals surface area contributed by atoms with E-state index in [9.17, 15) is 0 Å². The smallest absolute Gasteiger partial charge is 0.127 e. The van der Waals surface area contributed by atoms with Gasteiger partial charge in [0.05, 0.1) is 0 Å². The number of nitrogen functional groups attached to an aromatic ring is 1. The number of nitrogens with two attached hydrogens (primary N) is 1. The van der Waals surface area contributed by atoms with Gasteiger partial charge in [-0.05, 0) is 32.4 Å². The first-order valence-electron chi connectivity index (χ1n) is 6.62. The average Bonchev–Trinajstić information content (AvgIpc) is 2.35. The second-order valence-corrected chi connectivity index (χ2v) is 4.63. The van der Waals surface area contributed by atoms with Gasteiger partial charge in [-0.2, -0.15) is 0 Å². The molecule has 3 nitrogen and oxygen atoms in total. The molecule has 1 atom stereocenters. The minimum absolute atomic E-state index is 0.598. The van der Waals surface area contributed by atoms with Crippen LogP contribution in [0.3, 0.4) is 0 Å². The largest absolute Gasteiger partial charge is 0.383 e. The molecule has 0 aromatic carbocycles. The Morgan fingerprint density at radius 3 is 2.76 bits per heavy atom. The molecule has 0 spiro atoms. The Bertz CT molecular complexity index is 325. The molecule has 0 bridgehead atoms. The van der Waals surface area contributed by atoms with E-state index in [0.29, 0.717) is 11.9 Å². The van der Waals surface area contributed by atoms with Gasteiger partial charge in [0.25, 0.3) is 0 Å². The highest BCUT2D eigenvalue weighted by atomic mass is 15.1. The van der Waals surface area contributed by atoms with E-state index < -0.39 is 0 Å². The number of hydrogen-bond donors (Lipinski definition) is 1. The van der Waals surface area contributed by atoms with Crippen LogP contribution in [0.25, 0.3) is 0 Å². The zero-order chi connectivity index (χ0) is 12.7. The zero-order valence-corrected chi connectivity index (χ0v) is 11.3. The summed E-state index contributed by atoms with van der Waals surface area (Å²) in [6.07, 6.45) is 5.39. The van der Waals surface area contributed by atoms with Crippen molar-refractivity contribution in [3.63, 3.8) is 0 Å². The Morgan fingerprint density at radius 1 is 1.41 bits per heavy atom. The van der Waals surface area contributed by atoms with Gasteiger partial charge in [0.15, 0.2) is 0 Å². The number of hydrogen-bond acceptors (Lipinski definition) is 3. The monoisotopic (exact) mass is 235 g/mol. The van der Waals surface area contributed by atoms with Crippen molar-refractivity contribution in [3.05, 3.63) is 23.9 Å². The van der Waals surface area contributed by atoms with Crippen molar-refractivity contribution in [2.24, 2.45) is 0 Å². The van der Waals surface area contributed by atoms with Gasteiger partial charge in [0, 0.05) is 24.3 Å². The highest BCUT2D eigenvalue weighted by molar-refractivity contribution is 5.38. The average molecular weight is 235 g/mol. The van der Waals surface area contributed by atoms with Crippen LogP contribution in [0.15, 0.2) is 18.3 Å². The summed E-state index contributed by atoms with van der Waals surface area (Å²) in [4.78, 5) is 6.65. The van der Waals surface area contributed by atoms with Crippen molar-refractivity contribution in [1.29, 1.82) is 0 Å². The number of rotatable bonds is 7. The van der Waals surface area contributed by atoms with Crippen LogP contribution >= 0.6 is 0 Å². The first-order valence-corrected chi connectivity index (χ1v) is 6.62. The molecule has 0 aliphatic heterocycles. The summed E-state index contributed by atoms with van der Waals surface area (Å²) >= 11 is 0. The molecular weight excluding hydrogens is 210 g/mol. The van der Waals surface area contributed by atoms with Crippen LogP contribution in [0.5, 0.6) is 0 Å². The summed E-state index contributed by atoms with van der Waals surface area (Å²) in [6.45, 7) is 8.79. The fourth-order valence-corrected chi connectivity index (χ4v) is 1.88. The Labute approximate surface area is 105 Å². The second-order valence-electron chi connectivity index (χ2n) is 4.63.